The van der Waals surface area contributed by atoms with Crippen LogP contribution in [0.2, 0.25) is 0 Å². The van der Waals surface area contributed by atoms with Crippen LogP contribution in [0.25, 0.3) is 0 Å². The van der Waals surface area contributed by atoms with Crippen molar-refractivity contribution in [3.05, 3.63) is 83.9 Å². The minimum atomic E-state index is -4.24. The summed E-state index contributed by atoms with van der Waals surface area (Å²) in [5.41, 5.74) is 1.83. The Morgan fingerprint density at radius 3 is 2.23 bits per heavy atom. The molecule has 0 saturated heterocycles. The van der Waals surface area contributed by atoms with Crippen LogP contribution < -0.4 is 19.1 Å². The van der Waals surface area contributed by atoms with Crippen LogP contribution in [0, 0.1) is 6.92 Å². The minimum absolute atomic E-state index is 0.0131. The molecule has 0 radical (unpaired) electrons. The summed E-state index contributed by atoms with van der Waals surface area (Å²) in [6, 6.07) is 19.5. The van der Waals surface area contributed by atoms with E-state index in [1.807, 2.05) is 44.2 Å². The zero-order chi connectivity index (χ0) is 29.3. The van der Waals surface area contributed by atoms with Gasteiger partial charge in [-0.1, -0.05) is 55.0 Å². The van der Waals surface area contributed by atoms with Crippen LogP contribution in [-0.2, 0) is 26.2 Å². The van der Waals surface area contributed by atoms with E-state index in [-0.39, 0.29) is 28.8 Å². The lowest BCUT2D eigenvalue weighted by molar-refractivity contribution is -0.139. The van der Waals surface area contributed by atoms with E-state index in [2.05, 4.69) is 5.32 Å². The molecule has 10 heteroatoms. The van der Waals surface area contributed by atoms with Gasteiger partial charge in [-0.05, 0) is 50.1 Å². The topological polar surface area (TPSA) is 105 Å². The van der Waals surface area contributed by atoms with Crippen molar-refractivity contribution in [1.29, 1.82) is 0 Å². The lowest BCUT2D eigenvalue weighted by Gasteiger charge is -2.32. The third-order valence-corrected chi connectivity index (χ3v) is 8.23. The zero-order valence-electron chi connectivity index (χ0n) is 23.6. The van der Waals surface area contributed by atoms with Crippen LogP contribution in [0.15, 0.2) is 77.7 Å². The van der Waals surface area contributed by atoms with Gasteiger partial charge in [0, 0.05) is 19.2 Å². The monoisotopic (exact) mass is 567 g/mol. The number of benzene rings is 3. The molecule has 0 bridgehead atoms. The van der Waals surface area contributed by atoms with Gasteiger partial charge in [0.2, 0.25) is 11.8 Å². The molecule has 0 aromatic heterocycles. The Morgan fingerprint density at radius 1 is 0.950 bits per heavy atom. The van der Waals surface area contributed by atoms with Crippen molar-refractivity contribution in [3.8, 4) is 11.5 Å². The molecule has 3 rings (SSSR count). The van der Waals surface area contributed by atoms with E-state index >= 15 is 0 Å². The van der Waals surface area contributed by atoms with Crippen LogP contribution in [0.4, 0.5) is 5.69 Å². The van der Waals surface area contributed by atoms with Crippen LogP contribution in [0.5, 0.6) is 11.5 Å². The zero-order valence-corrected chi connectivity index (χ0v) is 24.4. The second-order valence-electron chi connectivity index (χ2n) is 9.34. The van der Waals surface area contributed by atoms with Gasteiger partial charge in [0.05, 0.1) is 24.8 Å². The van der Waals surface area contributed by atoms with Crippen molar-refractivity contribution in [2.24, 2.45) is 0 Å². The molecule has 9 nitrogen and oxygen atoms in total. The highest BCUT2D eigenvalue weighted by molar-refractivity contribution is 7.92. The van der Waals surface area contributed by atoms with Gasteiger partial charge in [-0.15, -0.1) is 0 Å². The summed E-state index contributed by atoms with van der Waals surface area (Å²) in [6.45, 7) is 5.44. The molecule has 3 aromatic rings. The highest BCUT2D eigenvalue weighted by Crippen LogP contribution is 2.36. The lowest BCUT2D eigenvalue weighted by Crippen LogP contribution is -2.51. The Bertz CT molecular complexity index is 1390. The fourth-order valence-electron chi connectivity index (χ4n) is 4.10. The molecule has 0 saturated carbocycles. The quantitative estimate of drug-likeness (QED) is 0.333. The maximum Gasteiger partial charge on any atom is 0.264 e. The fourth-order valence-corrected chi connectivity index (χ4v) is 5.52. The Kier molecular flexibility index (Phi) is 10.6. The van der Waals surface area contributed by atoms with Gasteiger partial charge in [0.1, 0.15) is 24.1 Å². The number of amides is 2. The molecule has 1 atom stereocenters. The van der Waals surface area contributed by atoms with Crippen LogP contribution in [0.1, 0.15) is 31.4 Å². The number of anilines is 1. The molecule has 2 amide bonds. The molecule has 0 spiro atoms. The second kappa shape index (κ2) is 13.8. The predicted molar refractivity (Wildman–Crippen MR) is 155 cm³/mol. The first-order valence-electron chi connectivity index (χ1n) is 13.0. The molecule has 0 fully saturated rings. The van der Waals surface area contributed by atoms with E-state index in [0.717, 1.165) is 21.9 Å². The average molecular weight is 568 g/mol. The number of carbonyl (C=O) groups is 2. The van der Waals surface area contributed by atoms with Gasteiger partial charge < -0.3 is 19.7 Å². The molecular weight excluding hydrogens is 530 g/mol. The van der Waals surface area contributed by atoms with Crippen molar-refractivity contribution < 1.29 is 27.5 Å². The third-order valence-electron chi connectivity index (χ3n) is 6.45. The van der Waals surface area contributed by atoms with E-state index in [0.29, 0.717) is 12.3 Å². The lowest BCUT2D eigenvalue weighted by atomic mass is 10.1. The summed E-state index contributed by atoms with van der Waals surface area (Å²) in [6.07, 6.45) is 0.739. The van der Waals surface area contributed by atoms with Crippen LogP contribution >= 0.6 is 0 Å². The SMILES string of the molecule is CCCNC(=O)[C@@H](C)N(Cc1ccccc1)C(=O)CN(c1cc(OC)ccc1OC)S(=O)(=O)c1ccc(C)cc1. The number of methoxy groups -OCH3 is 2. The highest BCUT2D eigenvalue weighted by Gasteiger charge is 2.34. The number of nitrogens with zero attached hydrogens (tertiary/aromatic N) is 2. The molecule has 3 aromatic carbocycles. The highest BCUT2D eigenvalue weighted by atomic mass is 32.2. The van der Waals surface area contributed by atoms with Gasteiger partial charge >= 0.3 is 0 Å². The largest absolute Gasteiger partial charge is 0.497 e. The average Bonchev–Trinajstić information content (AvgIpc) is 2.97. The molecule has 0 aliphatic heterocycles. The van der Waals surface area contributed by atoms with Gasteiger partial charge in [0.15, 0.2) is 0 Å². The molecule has 0 aliphatic carbocycles. The number of rotatable bonds is 13. The van der Waals surface area contributed by atoms with E-state index in [4.69, 9.17) is 9.47 Å². The Hall–Kier alpha value is -4.05. The maximum atomic E-state index is 14.1. The third kappa shape index (κ3) is 7.32. The summed E-state index contributed by atoms with van der Waals surface area (Å²) in [5, 5.41) is 2.83. The Balaban J connectivity index is 2.10. The molecule has 214 valence electrons. The number of ether oxygens (including phenoxy) is 2. The van der Waals surface area contributed by atoms with Gasteiger partial charge in [0.25, 0.3) is 10.0 Å². The number of aryl methyl sites for hydroxylation is 1. The molecule has 40 heavy (non-hydrogen) atoms. The normalized spacial score (nSPS) is 11.8. The first-order chi connectivity index (χ1) is 19.1. The Labute approximate surface area is 236 Å². The Morgan fingerprint density at radius 2 is 1.62 bits per heavy atom. The molecule has 0 aliphatic rings. The van der Waals surface area contributed by atoms with E-state index in [9.17, 15) is 18.0 Å². The summed E-state index contributed by atoms with van der Waals surface area (Å²) < 4.78 is 40.0. The summed E-state index contributed by atoms with van der Waals surface area (Å²) in [5.74, 6) is -0.241. The van der Waals surface area contributed by atoms with E-state index < -0.39 is 28.5 Å². The smallest absolute Gasteiger partial charge is 0.264 e. The maximum absolute atomic E-state index is 14.1. The standard InChI is InChI=1S/C30H37N3O6S/c1-6-18-31-30(35)23(3)32(20-24-10-8-7-9-11-24)29(34)21-33(27-19-25(38-4)14-17-28(27)39-5)40(36,37)26-15-12-22(2)13-16-26/h7-17,19,23H,6,18,20-21H2,1-5H3,(H,31,35)/t23-/m1/s1. The van der Waals surface area contributed by atoms with Crippen molar-refractivity contribution >= 4 is 27.5 Å². The van der Waals surface area contributed by atoms with Gasteiger partial charge in [-0.3, -0.25) is 13.9 Å². The molecule has 0 heterocycles. The summed E-state index contributed by atoms with van der Waals surface area (Å²) in [4.78, 5) is 28.4. The predicted octanol–water partition coefficient (Wildman–Crippen LogP) is 4.15. The number of hydrogen-bond donors (Lipinski definition) is 1. The summed E-state index contributed by atoms with van der Waals surface area (Å²) >= 11 is 0. The van der Waals surface area contributed by atoms with Crippen LogP contribution in [-0.4, -0.2) is 58.5 Å². The van der Waals surface area contributed by atoms with Crippen molar-refractivity contribution in [2.45, 2.75) is 44.7 Å². The number of hydrogen-bond acceptors (Lipinski definition) is 6. The molecule has 1 N–H and O–H groups in total. The number of carbonyl (C=O) groups excluding carboxylic acids is 2. The number of nitrogens with one attached hydrogen (secondary N) is 1. The van der Waals surface area contributed by atoms with Gasteiger partial charge in [-0.2, -0.15) is 0 Å². The molecule has 0 unspecified atom stereocenters. The first kappa shape index (κ1) is 30.5. The first-order valence-corrected chi connectivity index (χ1v) is 14.5. The molecular formula is C30H37N3O6S. The van der Waals surface area contributed by atoms with E-state index in [1.54, 1.807) is 31.2 Å². The summed E-state index contributed by atoms with van der Waals surface area (Å²) in [7, 11) is -1.35. The van der Waals surface area contributed by atoms with Crippen molar-refractivity contribution in [1.82, 2.24) is 10.2 Å². The second-order valence-corrected chi connectivity index (χ2v) is 11.2. The fraction of sp³-hybridized carbons (Fsp3) is 0.333. The van der Waals surface area contributed by atoms with Gasteiger partial charge in [-0.25, -0.2) is 8.42 Å². The number of sulfonamides is 1. The minimum Gasteiger partial charge on any atom is -0.497 e. The van der Waals surface area contributed by atoms with E-state index in [1.165, 1.54) is 37.3 Å². The van der Waals surface area contributed by atoms with Crippen molar-refractivity contribution in [2.75, 3.05) is 31.6 Å². The van der Waals surface area contributed by atoms with Crippen molar-refractivity contribution in [3.63, 3.8) is 0 Å². The van der Waals surface area contributed by atoms with Crippen LogP contribution in [0.3, 0.4) is 0 Å².